The number of hydrogen-bond acceptors (Lipinski definition) is 4. The molecule has 0 saturated carbocycles. The molecule has 0 radical (unpaired) electrons. The average molecular weight is 349 g/mol. The molecular weight excluding hydrogens is 336 g/mol. The Bertz CT molecular complexity index is 948. The Balaban J connectivity index is 1.71. The first kappa shape index (κ1) is 16.5. The van der Waals surface area contributed by atoms with Crippen molar-refractivity contribution in [3.8, 4) is 6.07 Å². The molecule has 0 unspecified atom stereocenters. The number of nitrogens with zero attached hydrogens (tertiary/aromatic N) is 2. The van der Waals surface area contributed by atoms with Crippen LogP contribution in [0.3, 0.4) is 0 Å². The highest BCUT2D eigenvalue weighted by Gasteiger charge is 2.08. The third-order valence-corrected chi connectivity index (χ3v) is 3.64. The van der Waals surface area contributed by atoms with Crippen molar-refractivity contribution >= 4 is 34.6 Å². The molecule has 0 atom stereocenters. The first-order valence-electron chi connectivity index (χ1n) is 7.45. The molecule has 0 aliphatic heterocycles. The third kappa shape index (κ3) is 4.14. The number of hydrogen-bond donors (Lipinski definition) is 2. The van der Waals surface area contributed by atoms with Crippen LogP contribution in [0.25, 0.3) is 0 Å². The lowest BCUT2D eigenvalue weighted by molar-refractivity contribution is 0.102. The molecule has 122 valence electrons. The fourth-order valence-electron chi connectivity index (χ4n) is 2.21. The first-order valence-corrected chi connectivity index (χ1v) is 7.82. The van der Waals surface area contributed by atoms with Crippen molar-refractivity contribution in [1.82, 2.24) is 4.98 Å². The van der Waals surface area contributed by atoms with Crippen LogP contribution in [0.5, 0.6) is 0 Å². The van der Waals surface area contributed by atoms with Crippen LogP contribution in [0.2, 0.25) is 5.02 Å². The molecule has 1 heterocycles. The maximum atomic E-state index is 12.2. The lowest BCUT2D eigenvalue weighted by Crippen LogP contribution is -2.13. The van der Waals surface area contributed by atoms with Crippen LogP contribution >= 0.6 is 11.6 Å². The van der Waals surface area contributed by atoms with E-state index in [1.807, 2.05) is 6.07 Å². The van der Waals surface area contributed by atoms with Gasteiger partial charge >= 0.3 is 0 Å². The van der Waals surface area contributed by atoms with Gasteiger partial charge in [-0.05, 0) is 42.5 Å². The van der Waals surface area contributed by atoms with Gasteiger partial charge in [-0.3, -0.25) is 4.79 Å². The number of benzene rings is 2. The van der Waals surface area contributed by atoms with E-state index < -0.39 is 0 Å². The fourth-order valence-corrected chi connectivity index (χ4v) is 2.40. The number of halogens is 1. The highest BCUT2D eigenvalue weighted by molar-refractivity contribution is 6.30. The topological polar surface area (TPSA) is 77.8 Å². The SMILES string of the molecule is N#Cc1ccccc1Nc1ccc(C(=O)Nc2cccc(Cl)c2)nc1. The summed E-state index contributed by atoms with van der Waals surface area (Å²) in [5.41, 5.74) is 2.78. The van der Waals surface area contributed by atoms with Gasteiger partial charge in [0.05, 0.1) is 23.1 Å². The number of pyridine rings is 1. The van der Waals surface area contributed by atoms with Crippen LogP contribution in [-0.4, -0.2) is 10.9 Å². The van der Waals surface area contributed by atoms with Gasteiger partial charge in [0.1, 0.15) is 11.8 Å². The third-order valence-electron chi connectivity index (χ3n) is 3.41. The molecular formula is C19H13ClN4O. The van der Waals surface area contributed by atoms with Gasteiger partial charge in [-0.15, -0.1) is 0 Å². The Morgan fingerprint density at radius 1 is 1.04 bits per heavy atom. The smallest absolute Gasteiger partial charge is 0.274 e. The predicted molar refractivity (Wildman–Crippen MR) is 98.1 cm³/mol. The molecule has 0 saturated heterocycles. The Hall–Kier alpha value is -3.36. The van der Waals surface area contributed by atoms with Crippen molar-refractivity contribution in [1.29, 1.82) is 5.26 Å². The number of nitriles is 1. The molecule has 3 rings (SSSR count). The summed E-state index contributed by atoms with van der Waals surface area (Å²) >= 11 is 5.90. The molecule has 0 spiro atoms. The fraction of sp³-hybridized carbons (Fsp3) is 0. The molecule has 2 N–H and O–H groups in total. The number of nitrogens with one attached hydrogen (secondary N) is 2. The predicted octanol–water partition coefficient (Wildman–Crippen LogP) is 4.60. The molecule has 0 fully saturated rings. The summed E-state index contributed by atoms with van der Waals surface area (Å²) in [5.74, 6) is -0.328. The van der Waals surface area contributed by atoms with Crippen LogP contribution in [0.4, 0.5) is 17.1 Å². The molecule has 3 aromatic rings. The van der Waals surface area contributed by atoms with Crippen LogP contribution in [0.15, 0.2) is 66.9 Å². The second kappa shape index (κ2) is 7.47. The quantitative estimate of drug-likeness (QED) is 0.722. The monoisotopic (exact) mass is 348 g/mol. The Morgan fingerprint density at radius 2 is 1.88 bits per heavy atom. The number of aromatic nitrogens is 1. The van der Waals surface area contributed by atoms with E-state index in [0.29, 0.717) is 27.6 Å². The molecule has 0 aliphatic carbocycles. The van der Waals surface area contributed by atoms with Crippen LogP contribution in [0.1, 0.15) is 16.1 Å². The highest BCUT2D eigenvalue weighted by Crippen LogP contribution is 2.20. The highest BCUT2D eigenvalue weighted by atomic mass is 35.5. The normalized spacial score (nSPS) is 9.92. The lowest BCUT2D eigenvalue weighted by Gasteiger charge is -2.09. The molecule has 2 aromatic carbocycles. The number of rotatable bonds is 4. The number of carbonyl (C=O) groups excluding carboxylic acids is 1. The zero-order chi connectivity index (χ0) is 17.6. The maximum Gasteiger partial charge on any atom is 0.274 e. The van der Waals surface area contributed by atoms with E-state index in [9.17, 15) is 4.79 Å². The lowest BCUT2D eigenvalue weighted by atomic mass is 10.2. The Morgan fingerprint density at radius 3 is 2.60 bits per heavy atom. The van der Waals surface area contributed by atoms with Gasteiger partial charge in [0.25, 0.3) is 5.91 Å². The molecule has 6 heteroatoms. The van der Waals surface area contributed by atoms with E-state index in [0.717, 1.165) is 0 Å². The van der Waals surface area contributed by atoms with Gasteiger partial charge in [0.2, 0.25) is 0 Å². The van der Waals surface area contributed by atoms with Gasteiger partial charge in [-0.2, -0.15) is 5.26 Å². The standard InChI is InChI=1S/C19H13ClN4O/c20-14-5-3-6-15(10-14)24-19(25)18-9-8-16(12-22-18)23-17-7-2-1-4-13(17)11-21/h1-10,12,23H,(H,24,25). The van der Waals surface area contributed by atoms with Gasteiger partial charge in [-0.25, -0.2) is 4.98 Å². The Labute approximate surface area is 149 Å². The van der Waals surface area contributed by atoms with E-state index in [1.165, 1.54) is 0 Å². The Kier molecular flexibility index (Phi) is 4.93. The van der Waals surface area contributed by atoms with E-state index >= 15 is 0 Å². The minimum Gasteiger partial charge on any atom is -0.353 e. The van der Waals surface area contributed by atoms with E-state index in [-0.39, 0.29) is 11.6 Å². The van der Waals surface area contributed by atoms with Crippen LogP contribution in [-0.2, 0) is 0 Å². The number of carbonyl (C=O) groups is 1. The largest absolute Gasteiger partial charge is 0.353 e. The van der Waals surface area contributed by atoms with Crippen LogP contribution < -0.4 is 10.6 Å². The molecule has 1 amide bonds. The first-order chi connectivity index (χ1) is 12.2. The van der Waals surface area contributed by atoms with E-state index in [2.05, 4.69) is 21.7 Å². The minimum atomic E-state index is -0.328. The molecule has 1 aromatic heterocycles. The van der Waals surface area contributed by atoms with Crippen LogP contribution in [0, 0.1) is 11.3 Å². The van der Waals surface area contributed by atoms with Gasteiger partial charge in [0, 0.05) is 10.7 Å². The summed E-state index contributed by atoms with van der Waals surface area (Å²) in [7, 11) is 0. The van der Waals surface area contributed by atoms with Crippen molar-refractivity contribution in [2.24, 2.45) is 0 Å². The summed E-state index contributed by atoms with van der Waals surface area (Å²) in [6.45, 7) is 0. The zero-order valence-corrected chi connectivity index (χ0v) is 13.8. The molecule has 0 bridgehead atoms. The van der Waals surface area contributed by atoms with Crippen molar-refractivity contribution in [3.05, 3.63) is 83.1 Å². The summed E-state index contributed by atoms with van der Waals surface area (Å²) in [6.07, 6.45) is 1.54. The summed E-state index contributed by atoms with van der Waals surface area (Å²) in [6, 6.07) is 19.5. The molecule has 0 aliphatic rings. The van der Waals surface area contributed by atoms with E-state index in [4.69, 9.17) is 16.9 Å². The van der Waals surface area contributed by atoms with Crippen molar-refractivity contribution in [2.45, 2.75) is 0 Å². The van der Waals surface area contributed by atoms with Crippen molar-refractivity contribution in [2.75, 3.05) is 10.6 Å². The summed E-state index contributed by atoms with van der Waals surface area (Å²) in [4.78, 5) is 16.4. The van der Waals surface area contributed by atoms with Gasteiger partial charge in [-0.1, -0.05) is 29.8 Å². The molecule has 5 nitrogen and oxygen atoms in total. The number of para-hydroxylation sites is 1. The average Bonchev–Trinajstić information content (AvgIpc) is 2.63. The van der Waals surface area contributed by atoms with E-state index in [1.54, 1.807) is 60.8 Å². The zero-order valence-electron chi connectivity index (χ0n) is 13.0. The van der Waals surface area contributed by atoms with Gasteiger partial charge in [0.15, 0.2) is 0 Å². The summed E-state index contributed by atoms with van der Waals surface area (Å²) < 4.78 is 0. The minimum absolute atomic E-state index is 0.277. The second-order valence-corrected chi connectivity index (χ2v) is 5.62. The second-order valence-electron chi connectivity index (χ2n) is 5.18. The summed E-state index contributed by atoms with van der Waals surface area (Å²) in [5, 5.41) is 15.5. The number of amides is 1. The van der Waals surface area contributed by atoms with Gasteiger partial charge < -0.3 is 10.6 Å². The van der Waals surface area contributed by atoms with Crippen molar-refractivity contribution < 1.29 is 4.79 Å². The van der Waals surface area contributed by atoms with Crippen molar-refractivity contribution in [3.63, 3.8) is 0 Å². The molecule has 25 heavy (non-hydrogen) atoms. The number of anilines is 3. The maximum absolute atomic E-state index is 12.2.